The summed E-state index contributed by atoms with van der Waals surface area (Å²) >= 11 is 6.41. The third-order valence-corrected chi connectivity index (χ3v) is 5.81. The second-order valence-corrected chi connectivity index (χ2v) is 8.04. The number of rotatable bonds is 4. The molecule has 0 unspecified atom stereocenters. The van der Waals surface area contributed by atoms with Gasteiger partial charge in [0.2, 0.25) is 5.88 Å². The molecule has 3 N–H and O–H groups in total. The van der Waals surface area contributed by atoms with Crippen LogP contribution >= 0.6 is 11.6 Å². The number of aromatic nitrogens is 4. The molecule has 5 aromatic rings. The quantitative estimate of drug-likeness (QED) is 0.295. The fourth-order valence-electron chi connectivity index (χ4n) is 3.85. The predicted molar refractivity (Wildman–Crippen MR) is 132 cm³/mol. The monoisotopic (exact) mass is 482 g/mol. The molecule has 11 heteroatoms. The van der Waals surface area contributed by atoms with Crippen LogP contribution in [0.25, 0.3) is 22.3 Å². The number of H-pyrrole nitrogens is 1. The molecule has 35 heavy (non-hydrogen) atoms. The van der Waals surface area contributed by atoms with Gasteiger partial charge in [-0.25, -0.2) is 0 Å². The first-order valence-corrected chi connectivity index (χ1v) is 10.9. The maximum atomic E-state index is 12.7. The van der Waals surface area contributed by atoms with Crippen molar-refractivity contribution in [3.05, 3.63) is 83.4 Å². The van der Waals surface area contributed by atoms with E-state index < -0.39 is 0 Å². The normalized spacial score (nSPS) is 14.2. The number of aromatic hydroxyl groups is 1. The summed E-state index contributed by atoms with van der Waals surface area (Å²) < 4.78 is 1.31. The van der Waals surface area contributed by atoms with Crippen LogP contribution in [0.3, 0.4) is 0 Å². The van der Waals surface area contributed by atoms with Gasteiger partial charge in [0.05, 0.1) is 16.2 Å². The van der Waals surface area contributed by atoms with Crippen LogP contribution in [0.1, 0.15) is 5.56 Å². The minimum atomic E-state index is -0.373. The van der Waals surface area contributed by atoms with Gasteiger partial charge in [0.25, 0.3) is 11.9 Å². The first-order valence-electron chi connectivity index (χ1n) is 10.5. The fourth-order valence-corrected chi connectivity index (χ4v) is 4.07. The number of fused-ring (bicyclic) bond motifs is 2. The second-order valence-electron chi connectivity index (χ2n) is 7.63. The molecule has 0 atom stereocenters. The topological polar surface area (TPSA) is 133 Å². The fraction of sp³-hybridized carbons (Fsp3) is 0. The summed E-state index contributed by atoms with van der Waals surface area (Å²) in [5.74, 6) is -0.239. The maximum absolute atomic E-state index is 12.7. The molecule has 3 aromatic carbocycles. The zero-order chi connectivity index (χ0) is 23.9. The molecule has 0 fully saturated rings. The molecule has 1 amide bonds. The van der Waals surface area contributed by atoms with E-state index in [0.29, 0.717) is 32.7 Å². The number of nitrogens with one attached hydrogen (secondary N) is 2. The van der Waals surface area contributed by atoms with E-state index in [1.165, 1.54) is 4.68 Å². The second kappa shape index (κ2) is 8.19. The molecule has 1 aliphatic rings. The lowest BCUT2D eigenvalue weighted by Gasteiger charge is -2.05. The molecule has 6 rings (SSSR count). The summed E-state index contributed by atoms with van der Waals surface area (Å²) in [4.78, 5) is 15.6. The summed E-state index contributed by atoms with van der Waals surface area (Å²) in [6.45, 7) is 0. The molecular formula is C24H15ClN8O2. The Kier molecular flexibility index (Phi) is 4.86. The van der Waals surface area contributed by atoms with Gasteiger partial charge >= 0.3 is 0 Å². The lowest BCUT2D eigenvalue weighted by Crippen LogP contribution is -2.16. The molecular weight excluding hydrogens is 468 g/mol. The average molecular weight is 483 g/mol. The van der Waals surface area contributed by atoms with Crippen molar-refractivity contribution in [2.75, 3.05) is 5.32 Å². The van der Waals surface area contributed by atoms with E-state index in [0.717, 1.165) is 0 Å². The largest absolute Gasteiger partial charge is 0.493 e. The van der Waals surface area contributed by atoms with E-state index >= 15 is 0 Å². The van der Waals surface area contributed by atoms with Gasteiger partial charge in [0, 0.05) is 16.5 Å². The number of anilines is 1. The predicted octanol–water partition coefficient (Wildman–Crippen LogP) is 5.41. The number of halogens is 1. The van der Waals surface area contributed by atoms with Gasteiger partial charge in [-0.2, -0.15) is 9.78 Å². The maximum Gasteiger partial charge on any atom is 0.291 e. The highest BCUT2D eigenvalue weighted by Crippen LogP contribution is 2.36. The number of para-hydroxylation sites is 2. The molecule has 0 saturated carbocycles. The van der Waals surface area contributed by atoms with E-state index in [1.54, 1.807) is 42.5 Å². The third kappa shape index (κ3) is 3.52. The van der Waals surface area contributed by atoms with Crippen molar-refractivity contribution in [1.82, 2.24) is 19.9 Å². The molecule has 0 radical (unpaired) electrons. The van der Waals surface area contributed by atoms with Gasteiger partial charge in [0.1, 0.15) is 0 Å². The van der Waals surface area contributed by atoms with E-state index in [9.17, 15) is 9.90 Å². The molecule has 1 aliphatic heterocycles. The van der Waals surface area contributed by atoms with Gasteiger partial charge in [-0.15, -0.1) is 20.4 Å². The van der Waals surface area contributed by atoms with Crippen molar-refractivity contribution in [2.45, 2.75) is 0 Å². The first kappa shape index (κ1) is 20.8. The Labute approximate surface area is 202 Å². The van der Waals surface area contributed by atoms with Crippen LogP contribution in [0.15, 0.2) is 88.1 Å². The van der Waals surface area contributed by atoms with Crippen molar-refractivity contribution >= 4 is 51.4 Å². The standard InChI is InChI=1S/C24H15ClN8O2/c25-16-10-4-1-7-13(16)21-29-31-24(30-28-19-14-8-2-5-11-17(14)26-22(19)34)33(21)32-20-15-9-3-6-12-18(15)27-23(20)35/h1-12,26,34H,(H,27,32,35). The van der Waals surface area contributed by atoms with Gasteiger partial charge in [-0.05, 0) is 24.3 Å². The van der Waals surface area contributed by atoms with E-state index in [2.05, 4.69) is 35.8 Å². The Bertz CT molecular complexity index is 1680. The van der Waals surface area contributed by atoms with Gasteiger partial charge in [-0.1, -0.05) is 60.1 Å². The van der Waals surface area contributed by atoms with Crippen LogP contribution < -0.4 is 5.32 Å². The highest BCUT2D eigenvalue weighted by Gasteiger charge is 2.27. The Morgan fingerprint density at radius 2 is 1.63 bits per heavy atom. The summed E-state index contributed by atoms with van der Waals surface area (Å²) in [6, 6.07) is 21.6. The Hall–Kier alpha value is -4.83. The number of amides is 1. The lowest BCUT2D eigenvalue weighted by molar-refractivity contribution is -0.110. The van der Waals surface area contributed by atoms with Crippen LogP contribution in [0.4, 0.5) is 17.3 Å². The molecule has 0 bridgehead atoms. The number of hydrogen-bond donors (Lipinski definition) is 3. The molecule has 10 nitrogen and oxygen atoms in total. The summed E-state index contributed by atoms with van der Waals surface area (Å²) in [5.41, 5.74) is 2.95. The third-order valence-electron chi connectivity index (χ3n) is 5.48. The average Bonchev–Trinajstić information content (AvgIpc) is 3.51. The van der Waals surface area contributed by atoms with Crippen LogP contribution in [0.5, 0.6) is 5.88 Å². The van der Waals surface area contributed by atoms with Crippen LogP contribution in [0.2, 0.25) is 5.02 Å². The van der Waals surface area contributed by atoms with Gasteiger partial charge in [0.15, 0.2) is 17.2 Å². The number of benzene rings is 3. The molecule has 2 aromatic heterocycles. The zero-order valence-electron chi connectivity index (χ0n) is 17.8. The van der Waals surface area contributed by atoms with Crippen LogP contribution in [-0.2, 0) is 4.79 Å². The van der Waals surface area contributed by atoms with Crippen molar-refractivity contribution in [2.24, 2.45) is 15.3 Å². The van der Waals surface area contributed by atoms with E-state index in [4.69, 9.17) is 11.6 Å². The van der Waals surface area contributed by atoms with Gasteiger partial charge in [-0.3, -0.25) is 4.79 Å². The summed E-state index contributed by atoms with van der Waals surface area (Å²) in [5, 5.41) is 35.6. The zero-order valence-corrected chi connectivity index (χ0v) is 18.6. The number of nitrogens with zero attached hydrogens (tertiary/aromatic N) is 6. The van der Waals surface area contributed by atoms with E-state index in [-0.39, 0.29) is 35.0 Å². The van der Waals surface area contributed by atoms with Crippen LogP contribution in [-0.4, -0.2) is 36.6 Å². The Morgan fingerprint density at radius 3 is 2.49 bits per heavy atom. The number of hydrogen-bond acceptors (Lipinski definition) is 7. The first-order chi connectivity index (χ1) is 17.1. The highest BCUT2D eigenvalue weighted by molar-refractivity contribution is 6.53. The minimum Gasteiger partial charge on any atom is -0.493 e. The number of azo groups is 1. The SMILES string of the molecule is O=C1Nc2ccccc2/C1=N/n1c(N=Nc2c(O)[nH]c3ccccc23)nnc1-c1ccccc1Cl. The summed E-state index contributed by atoms with van der Waals surface area (Å²) in [7, 11) is 0. The smallest absolute Gasteiger partial charge is 0.291 e. The minimum absolute atomic E-state index is 0.00529. The molecule has 170 valence electrons. The van der Waals surface area contributed by atoms with E-state index in [1.807, 2.05) is 30.3 Å². The molecule has 3 heterocycles. The Morgan fingerprint density at radius 1 is 0.886 bits per heavy atom. The van der Waals surface area contributed by atoms with Crippen molar-refractivity contribution in [3.63, 3.8) is 0 Å². The molecule has 0 saturated heterocycles. The number of carbonyl (C=O) groups is 1. The number of carbonyl (C=O) groups excluding carboxylic acids is 1. The van der Waals surface area contributed by atoms with Crippen molar-refractivity contribution < 1.29 is 9.90 Å². The number of aromatic amines is 1. The van der Waals surface area contributed by atoms with Crippen molar-refractivity contribution in [1.29, 1.82) is 0 Å². The van der Waals surface area contributed by atoms with Gasteiger partial charge < -0.3 is 15.4 Å². The van der Waals surface area contributed by atoms with Crippen molar-refractivity contribution in [3.8, 4) is 17.3 Å². The Balaban J connectivity index is 1.52. The molecule has 0 aliphatic carbocycles. The lowest BCUT2D eigenvalue weighted by atomic mass is 10.1. The van der Waals surface area contributed by atoms with Crippen LogP contribution in [0, 0.1) is 0 Å². The molecule has 0 spiro atoms. The highest BCUT2D eigenvalue weighted by atomic mass is 35.5. The summed E-state index contributed by atoms with van der Waals surface area (Å²) in [6.07, 6.45) is 0.